The van der Waals surface area contributed by atoms with Crippen LogP contribution in [0.25, 0.3) is 107 Å². The van der Waals surface area contributed by atoms with Gasteiger partial charge in [-0.15, -0.1) is 22.7 Å². The maximum Gasteiger partial charge on any atom is 0.159 e. The predicted molar refractivity (Wildman–Crippen MR) is 225 cm³/mol. The number of nitrogens with zero attached hydrogens (tertiary/aromatic N) is 2. The molecule has 242 valence electrons. The molecule has 0 atom stereocenters. The Kier molecular flexibility index (Phi) is 6.63. The lowest BCUT2D eigenvalue weighted by Gasteiger charge is -2.10. The van der Waals surface area contributed by atoms with Crippen molar-refractivity contribution in [1.82, 2.24) is 9.97 Å². The van der Waals surface area contributed by atoms with E-state index in [0.717, 1.165) is 33.1 Å². The molecule has 52 heavy (non-hydrogen) atoms. The van der Waals surface area contributed by atoms with Crippen molar-refractivity contribution in [3.8, 4) is 44.8 Å². The number of fused-ring (bicyclic) bond motifs is 9. The molecule has 11 aromatic rings. The van der Waals surface area contributed by atoms with E-state index in [4.69, 9.17) is 9.97 Å². The summed E-state index contributed by atoms with van der Waals surface area (Å²) in [6.45, 7) is 0. The molecule has 0 saturated carbocycles. The third kappa shape index (κ3) is 4.69. The van der Waals surface area contributed by atoms with Crippen LogP contribution in [-0.2, 0) is 0 Å². The van der Waals surface area contributed by atoms with Crippen LogP contribution in [0.1, 0.15) is 0 Å². The highest BCUT2D eigenvalue weighted by atomic mass is 32.1. The lowest BCUT2D eigenvalue weighted by molar-refractivity contribution is 1.23. The van der Waals surface area contributed by atoms with Crippen LogP contribution in [-0.4, -0.2) is 9.97 Å². The fourth-order valence-electron chi connectivity index (χ4n) is 7.78. The van der Waals surface area contributed by atoms with E-state index in [2.05, 4.69) is 164 Å². The van der Waals surface area contributed by atoms with Crippen molar-refractivity contribution in [3.05, 3.63) is 170 Å². The van der Waals surface area contributed by atoms with Crippen LogP contribution in [0.2, 0.25) is 0 Å². The van der Waals surface area contributed by atoms with Gasteiger partial charge in [0.25, 0.3) is 0 Å². The quantitative estimate of drug-likeness (QED) is 0.171. The normalized spacial score (nSPS) is 11.8. The molecule has 0 fully saturated rings. The number of benzene rings is 8. The average molecular weight is 697 g/mol. The van der Waals surface area contributed by atoms with Crippen molar-refractivity contribution in [2.24, 2.45) is 0 Å². The summed E-state index contributed by atoms with van der Waals surface area (Å²) in [7, 11) is 0. The van der Waals surface area contributed by atoms with Crippen LogP contribution in [0, 0.1) is 0 Å². The molecule has 3 aromatic heterocycles. The predicted octanol–water partition coefficient (Wildman–Crippen LogP) is 14.2. The second-order valence-electron chi connectivity index (χ2n) is 13.4. The monoisotopic (exact) mass is 696 g/mol. The molecule has 0 aliphatic carbocycles. The van der Waals surface area contributed by atoms with Crippen LogP contribution in [0.4, 0.5) is 0 Å². The Morgan fingerprint density at radius 3 is 1.60 bits per heavy atom. The third-order valence-electron chi connectivity index (χ3n) is 10.3. The lowest BCUT2D eigenvalue weighted by Crippen LogP contribution is -1.92. The Labute approximate surface area is 307 Å². The van der Waals surface area contributed by atoms with Crippen LogP contribution in [0.5, 0.6) is 0 Å². The molecule has 0 spiro atoms. The van der Waals surface area contributed by atoms with Crippen LogP contribution < -0.4 is 0 Å². The van der Waals surface area contributed by atoms with Gasteiger partial charge in [-0.1, -0.05) is 133 Å². The SMILES string of the molecule is c1cc(-c2ccc3c(ccc4cnc(-c5cccc(-c6cccc7c6sc6ccccc67)c5)nc43)c2)cc(-c2cccc3c2sc2ccccc23)c1. The van der Waals surface area contributed by atoms with Gasteiger partial charge in [0.1, 0.15) is 0 Å². The molecule has 11 rings (SSSR count). The number of hydrogen-bond donors (Lipinski definition) is 0. The maximum atomic E-state index is 5.20. The topological polar surface area (TPSA) is 25.8 Å². The van der Waals surface area contributed by atoms with Gasteiger partial charge < -0.3 is 0 Å². The molecule has 2 nitrogen and oxygen atoms in total. The van der Waals surface area contributed by atoms with E-state index in [1.165, 1.54) is 73.7 Å². The maximum absolute atomic E-state index is 5.20. The van der Waals surface area contributed by atoms with Crippen molar-refractivity contribution in [2.75, 3.05) is 0 Å². The minimum atomic E-state index is 0.734. The molecule has 0 radical (unpaired) electrons. The first-order valence-corrected chi connectivity index (χ1v) is 19.1. The third-order valence-corrected chi connectivity index (χ3v) is 12.8. The van der Waals surface area contributed by atoms with Crippen molar-refractivity contribution < 1.29 is 0 Å². The van der Waals surface area contributed by atoms with Gasteiger partial charge in [-0.2, -0.15) is 0 Å². The van der Waals surface area contributed by atoms with E-state index in [0.29, 0.717) is 0 Å². The number of aromatic nitrogens is 2. The van der Waals surface area contributed by atoms with Crippen molar-refractivity contribution >= 4 is 84.7 Å². The van der Waals surface area contributed by atoms with E-state index in [-0.39, 0.29) is 0 Å². The minimum Gasteiger partial charge on any atom is -0.236 e. The zero-order valence-corrected chi connectivity index (χ0v) is 29.5. The van der Waals surface area contributed by atoms with E-state index in [1.807, 2.05) is 28.9 Å². The Balaban J connectivity index is 0.975. The van der Waals surface area contributed by atoms with Gasteiger partial charge in [-0.05, 0) is 69.1 Å². The van der Waals surface area contributed by atoms with E-state index >= 15 is 0 Å². The van der Waals surface area contributed by atoms with Gasteiger partial charge >= 0.3 is 0 Å². The molecular formula is C48H28N2S2. The first kappa shape index (κ1) is 29.5. The summed E-state index contributed by atoms with van der Waals surface area (Å²) in [5, 5.41) is 8.59. The summed E-state index contributed by atoms with van der Waals surface area (Å²) in [5.74, 6) is 0.734. The molecule has 4 heteroatoms. The van der Waals surface area contributed by atoms with Gasteiger partial charge in [-0.3, -0.25) is 0 Å². The molecule has 0 amide bonds. The van der Waals surface area contributed by atoms with E-state index in [9.17, 15) is 0 Å². The first-order valence-electron chi connectivity index (χ1n) is 17.5. The summed E-state index contributed by atoms with van der Waals surface area (Å²) in [5.41, 5.74) is 9.29. The molecule has 3 heterocycles. The van der Waals surface area contributed by atoms with Gasteiger partial charge in [0, 0.05) is 62.9 Å². The van der Waals surface area contributed by atoms with Crippen LogP contribution in [0.3, 0.4) is 0 Å². The number of thiophene rings is 2. The Morgan fingerprint density at radius 2 is 0.904 bits per heavy atom. The molecule has 0 bridgehead atoms. The summed E-state index contributed by atoms with van der Waals surface area (Å²) < 4.78 is 5.28. The van der Waals surface area contributed by atoms with E-state index < -0.39 is 0 Å². The second-order valence-corrected chi connectivity index (χ2v) is 15.5. The zero-order chi connectivity index (χ0) is 34.2. The Morgan fingerprint density at radius 1 is 0.365 bits per heavy atom. The molecule has 0 unspecified atom stereocenters. The van der Waals surface area contributed by atoms with Crippen LogP contribution in [0.15, 0.2) is 170 Å². The molecule has 0 aliphatic heterocycles. The molecule has 8 aromatic carbocycles. The number of hydrogen-bond acceptors (Lipinski definition) is 4. The molecule has 0 saturated heterocycles. The van der Waals surface area contributed by atoms with Crippen LogP contribution >= 0.6 is 22.7 Å². The van der Waals surface area contributed by atoms with Crippen molar-refractivity contribution in [1.29, 1.82) is 0 Å². The average Bonchev–Trinajstić information content (AvgIpc) is 3.79. The fourth-order valence-corrected chi connectivity index (χ4v) is 10.3. The Bertz CT molecular complexity index is 3200. The lowest BCUT2D eigenvalue weighted by atomic mass is 9.96. The second kappa shape index (κ2) is 11.7. The van der Waals surface area contributed by atoms with Crippen molar-refractivity contribution in [3.63, 3.8) is 0 Å². The van der Waals surface area contributed by atoms with Crippen molar-refractivity contribution in [2.45, 2.75) is 0 Å². The summed E-state index contributed by atoms with van der Waals surface area (Å²) >= 11 is 3.73. The van der Waals surface area contributed by atoms with Gasteiger partial charge in [0.2, 0.25) is 0 Å². The largest absolute Gasteiger partial charge is 0.236 e. The molecule has 0 aliphatic rings. The Hall–Kier alpha value is -6.20. The summed E-state index contributed by atoms with van der Waals surface area (Å²) in [6, 6.07) is 59.4. The zero-order valence-electron chi connectivity index (χ0n) is 27.9. The standard InChI is InChI=1S/C48H28N2S2/c1-3-19-43-39(13-1)41-17-7-15-37(46(41)51-43)31-10-5-9-29(25-31)30-23-24-36-33(26-30)21-22-35-28-49-48(50-45(35)36)34-12-6-11-32(27-34)38-16-8-18-42-40-14-2-4-20-44(40)52-47(38)42/h1-28H. The highest BCUT2D eigenvalue weighted by Crippen LogP contribution is 2.42. The highest BCUT2D eigenvalue weighted by molar-refractivity contribution is 7.26. The first-order chi connectivity index (χ1) is 25.7. The smallest absolute Gasteiger partial charge is 0.159 e. The van der Waals surface area contributed by atoms with Gasteiger partial charge in [-0.25, -0.2) is 9.97 Å². The van der Waals surface area contributed by atoms with Gasteiger partial charge in [0.05, 0.1) is 5.52 Å². The minimum absolute atomic E-state index is 0.734. The summed E-state index contributed by atoms with van der Waals surface area (Å²) in [4.78, 5) is 10.0. The highest BCUT2D eigenvalue weighted by Gasteiger charge is 2.14. The van der Waals surface area contributed by atoms with E-state index in [1.54, 1.807) is 0 Å². The molecular weight excluding hydrogens is 669 g/mol. The summed E-state index contributed by atoms with van der Waals surface area (Å²) in [6.07, 6.45) is 1.96. The van der Waals surface area contributed by atoms with Gasteiger partial charge in [0.15, 0.2) is 5.82 Å². The molecule has 0 N–H and O–H groups in total. The number of rotatable bonds is 4. The fraction of sp³-hybridized carbons (Fsp3) is 0.